The van der Waals surface area contributed by atoms with Crippen LogP contribution < -0.4 is 15.5 Å². The van der Waals surface area contributed by atoms with E-state index in [0.717, 1.165) is 36.8 Å². The number of anilines is 2. The van der Waals surface area contributed by atoms with Crippen molar-refractivity contribution < 1.29 is 4.79 Å². The first kappa shape index (κ1) is 15.4. The van der Waals surface area contributed by atoms with Crippen molar-refractivity contribution in [3.63, 3.8) is 0 Å². The second-order valence-corrected chi connectivity index (χ2v) is 7.31. The Morgan fingerprint density at radius 2 is 2.08 bits per heavy atom. The van der Waals surface area contributed by atoms with Crippen LogP contribution in [0.15, 0.2) is 29.9 Å². The largest absolute Gasteiger partial charge is 0.357 e. The fourth-order valence-corrected chi connectivity index (χ4v) is 3.88. The Kier molecular flexibility index (Phi) is 4.34. The first-order valence-corrected chi connectivity index (χ1v) is 9.35. The van der Waals surface area contributed by atoms with Crippen LogP contribution in [0.3, 0.4) is 0 Å². The topological polar surface area (TPSA) is 70.2 Å². The summed E-state index contributed by atoms with van der Waals surface area (Å²) in [4.78, 5) is 23.4. The standard InChI is InChI=1S/C17H21N5OS/c23-17(21-15(12-3-4-12)16-18-7-10-24-16)20-13-5-6-14(19-11-13)22-8-1-2-9-22/h5-7,10-12,15H,1-4,8-9H2,(H2,20,21,23)/t15-/m1/s1. The van der Waals surface area contributed by atoms with Gasteiger partial charge in [0.2, 0.25) is 0 Å². The lowest BCUT2D eigenvalue weighted by molar-refractivity contribution is 0.247. The van der Waals surface area contributed by atoms with Crippen molar-refractivity contribution >= 4 is 28.9 Å². The molecule has 0 spiro atoms. The molecule has 2 amide bonds. The van der Waals surface area contributed by atoms with Crippen molar-refractivity contribution in [3.05, 3.63) is 34.9 Å². The van der Waals surface area contributed by atoms with Crippen molar-refractivity contribution in [2.24, 2.45) is 5.92 Å². The monoisotopic (exact) mass is 343 g/mol. The summed E-state index contributed by atoms with van der Waals surface area (Å²) in [7, 11) is 0. The van der Waals surface area contributed by atoms with Gasteiger partial charge in [0.05, 0.1) is 17.9 Å². The van der Waals surface area contributed by atoms with Gasteiger partial charge in [0.25, 0.3) is 0 Å². The van der Waals surface area contributed by atoms with Gasteiger partial charge in [-0.3, -0.25) is 0 Å². The predicted molar refractivity (Wildman–Crippen MR) is 95.4 cm³/mol. The van der Waals surface area contributed by atoms with Crippen LogP contribution in [0.4, 0.5) is 16.3 Å². The molecule has 2 aromatic rings. The Morgan fingerprint density at radius 1 is 1.25 bits per heavy atom. The molecule has 0 aromatic carbocycles. The van der Waals surface area contributed by atoms with Crippen molar-refractivity contribution in [1.29, 1.82) is 0 Å². The van der Waals surface area contributed by atoms with E-state index in [4.69, 9.17) is 0 Å². The summed E-state index contributed by atoms with van der Waals surface area (Å²) in [6.07, 6.45) is 8.26. The fourth-order valence-electron chi connectivity index (χ4n) is 3.10. The summed E-state index contributed by atoms with van der Waals surface area (Å²) in [5, 5.41) is 8.87. The van der Waals surface area contributed by atoms with Crippen molar-refractivity contribution in [1.82, 2.24) is 15.3 Å². The minimum atomic E-state index is -0.196. The maximum atomic E-state index is 12.3. The summed E-state index contributed by atoms with van der Waals surface area (Å²) in [5.74, 6) is 1.50. The first-order chi connectivity index (χ1) is 11.8. The molecule has 1 aliphatic heterocycles. The predicted octanol–water partition coefficient (Wildman–Crippen LogP) is 3.41. The number of nitrogens with zero attached hydrogens (tertiary/aromatic N) is 3. The lowest BCUT2D eigenvalue weighted by Crippen LogP contribution is -2.33. The smallest absolute Gasteiger partial charge is 0.319 e. The maximum Gasteiger partial charge on any atom is 0.319 e. The van der Waals surface area contributed by atoms with Crippen LogP contribution in [0.1, 0.15) is 36.7 Å². The quantitative estimate of drug-likeness (QED) is 0.873. The highest BCUT2D eigenvalue weighted by Gasteiger charge is 2.35. The molecule has 2 aromatic heterocycles. The zero-order valence-electron chi connectivity index (χ0n) is 13.4. The normalized spacial score (nSPS) is 18.4. The molecule has 2 aliphatic rings. The zero-order chi connectivity index (χ0) is 16.4. The molecule has 126 valence electrons. The van der Waals surface area contributed by atoms with Crippen molar-refractivity contribution in [3.8, 4) is 0 Å². The molecule has 7 heteroatoms. The second-order valence-electron chi connectivity index (χ2n) is 6.38. The van der Waals surface area contributed by atoms with Gasteiger partial charge in [-0.2, -0.15) is 0 Å². The van der Waals surface area contributed by atoms with E-state index in [9.17, 15) is 4.79 Å². The summed E-state index contributed by atoms with van der Waals surface area (Å²) < 4.78 is 0. The summed E-state index contributed by atoms with van der Waals surface area (Å²) >= 11 is 1.59. The van der Waals surface area contributed by atoms with E-state index in [0.29, 0.717) is 11.6 Å². The molecule has 1 aliphatic carbocycles. The number of hydrogen-bond acceptors (Lipinski definition) is 5. The van der Waals surface area contributed by atoms with Crippen LogP contribution in [0.5, 0.6) is 0 Å². The molecule has 0 bridgehead atoms. The van der Waals surface area contributed by atoms with Gasteiger partial charge >= 0.3 is 6.03 Å². The van der Waals surface area contributed by atoms with Gasteiger partial charge in [-0.15, -0.1) is 11.3 Å². The van der Waals surface area contributed by atoms with Crippen molar-refractivity contribution in [2.75, 3.05) is 23.3 Å². The van der Waals surface area contributed by atoms with E-state index in [2.05, 4.69) is 25.5 Å². The van der Waals surface area contributed by atoms with Crippen LogP contribution in [-0.4, -0.2) is 29.1 Å². The van der Waals surface area contributed by atoms with Crippen LogP contribution in [0.25, 0.3) is 0 Å². The molecule has 2 N–H and O–H groups in total. The summed E-state index contributed by atoms with van der Waals surface area (Å²) in [6, 6.07) is 3.70. The van der Waals surface area contributed by atoms with E-state index in [-0.39, 0.29) is 12.1 Å². The first-order valence-electron chi connectivity index (χ1n) is 8.47. The third-order valence-corrected chi connectivity index (χ3v) is 5.39. The number of hydrogen-bond donors (Lipinski definition) is 2. The molecule has 24 heavy (non-hydrogen) atoms. The third-order valence-electron chi connectivity index (χ3n) is 4.53. The molecule has 6 nitrogen and oxygen atoms in total. The number of carbonyl (C=O) groups excluding carboxylic acids is 1. The molecule has 1 atom stereocenters. The number of amides is 2. The van der Waals surface area contributed by atoms with Gasteiger partial charge in [0.1, 0.15) is 10.8 Å². The SMILES string of the molecule is O=C(Nc1ccc(N2CCCC2)nc1)N[C@@H](c1nccs1)C1CC1. The Morgan fingerprint density at radius 3 is 2.71 bits per heavy atom. The summed E-state index contributed by atoms with van der Waals surface area (Å²) in [5.41, 5.74) is 0.712. The Balaban J connectivity index is 1.36. The van der Waals surface area contributed by atoms with Gasteiger partial charge in [0, 0.05) is 24.7 Å². The van der Waals surface area contributed by atoms with Gasteiger partial charge in [-0.25, -0.2) is 14.8 Å². The molecule has 2 fully saturated rings. The lowest BCUT2D eigenvalue weighted by Gasteiger charge is -2.18. The van der Waals surface area contributed by atoms with Crippen molar-refractivity contribution in [2.45, 2.75) is 31.7 Å². The van der Waals surface area contributed by atoms with E-state index in [1.807, 2.05) is 17.5 Å². The van der Waals surface area contributed by atoms with Gasteiger partial charge < -0.3 is 15.5 Å². The Labute approximate surface area is 145 Å². The van der Waals surface area contributed by atoms with E-state index in [1.54, 1.807) is 23.7 Å². The Hall–Kier alpha value is -2.15. The van der Waals surface area contributed by atoms with E-state index < -0.39 is 0 Å². The minimum absolute atomic E-state index is 0.0156. The number of pyridine rings is 1. The maximum absolute atomic E-state index is 12.3. The zero-order valence-corrected chi connectivity index (χ0v) is 14.3. The molecular weight excluding hydrogens is 322 g/mol. The van der Waals surface area contributed by atoms with Gasteiger partial charge in [-0.1, -0.05) is 0 Å². The molecule has 1 saturated carbocycles. The van der Waals surface area contributed by atoms with Crippen LogP contribution >= 0.6 is 11.3 Å². The number of aromatic nitrogens is 2. The van der Waals surface area contributed by atoms with Crippen LogP contribution in [0.2, 0.25) is 0 Å². The number of urea groups is 1. The highest BCUT2D eigenvalue weighted by Crippen LogP contribution is 2.41. The van der Waals surface area contributed by atoms with Crippen LogP contribution in [0, 0.1) is 5.92 Å². The molecule has 4 rings (SSSR count). The second kappa shape index (κ2) is 6.76. The molecule has 0 radical (unpaired) electrons. The number of rotatable bonds is 5. The highest BCUT2D eigenvalue weighted by molar-refractivity contribution is 7.09. The minimum Gasteiger partial charge on any atom is -0.357 e. The number of thiazole rings is 1. The number of carbonyl (C=O) groups is 1. The fraction of sp³-hybridized carbons (Fsp3) is 0.471. The van der Waals surface area contributed by atoms with Gasteiger partial charge in [-0.05, 0) is 43.7 Å². The molecule has 0 unspecified atom stereocenters. The lowest BCUT2D eigenvalue weighted by atomic mass is 10.2. The molecule has 1 saturated heterocycles. The highest BCUT2D eigenvalue weighted by atomic mass is 32.1. The third kappa shape index (κ3) is 3.51. The number of nitrogens with one attached hydrogen (secondary N) is 2. The summed E-state index contributed by atoms with van der Waals surface area (Å²) in [6.45, 7) is 2.13. The van der Waals surface area contributed by atoms with E-state index in [1.165, 1.54) is 12.8 Å². The van der Waals surface area contributed by atoms with Crippen LogP contribution in [-0.2, 0) is 0 Å². The average molecular weight is 343 g/mol. The molecule has 3 heterocycles. The van der Waals surface area contributed by atoms with Gasteiger partial charge in [0.15, 0.2) is 0 Å². The Bertz CT molecular complexity index is 678. The molecular formula is C17H21N5OS. The van der Waals surface area contributed by atoms with E-state index >= 15 is 0 Å². The average Bonchev–Trinajstić information content (AvgIpc) is 3.06.